The molecule has 0 amide bonds. The molecule has 18 heavy (non-hydrogen) atoms. The molecule has 0 aromatic heterocycles. The standard InChI is InChI=1S/C9H11Cl2FN2O2S2/c1-14(18(13,15)16)8(17-9(10,11)12)7-5-3-2-4-6-7/h2-6,8H,1H3,(H2,13,15,16). The van der Waals surface area contributed by atoms with Gasteiger partial charge in [0.1, 0.15) is 5.37 Å². The highest BCUT2D eigenvalue weighted by molar-refractivity contribution is 8.03. The Bertz CT molecular complexity index is 493. The van der Waals surface area contributed by atoms with E-state index in [1.165, 1.54) is 7.05 Å². The topological polar surface area (TPSA) is 63.4 Å². The summed E-state index contributed by atoms with van der Waals surface area (Å²) in [6, 6.07) is 8.36. The second kappa shape index (κ2) is 5.94. The quantitative estimate of drug-likeness (QED) is 0.665. The van der Waals surface area contributed by atoms with Gasteiger partial charge in [-0.05, 0) is 5.56 Å². The van der Waals surface area contributed by atoms with Gasteiger partial charge in [0.2, 0.25) is 0 Å². The lowest BCUT2D eigenvalue weighted by molar-refractivity contribution is 0.450. The second-order valence-corrected chi connectivity index (χ2v) is 7.92. The third-order valence-corrected chi connectivity index (χ3v) is 4.82. The summed E-state index contributed by atoms with van der Waals surface area (Å²) in [7, 11) is -2.77. The van der Waals surface area contributed by atoms with Gasteiger partial charge in [-0.1, -0.05) is 65.3 Å². The van der Waals surface area contributed by atoms with Crippen molar-refractivity contribution in [3.63, 3.8) is 0 Å². The fourth-order valence-corrected chi connectivity index (χ4v) is 3.31. The fourth-order valence-electron chi connectivity index (χ4n) is 1.23. The molecule has 1 unspecified atom stereocenters. The number of benzene rings is 1. The van der Waals surface area contributed by atoms with Crippen molar-refractivity contribution in [2.75, 3.05) is 7.05 Å². The smallest absolute Gasteiger partial charge is 0.216 e. The normalized spacial score (nSPS) is 14.8. The molecule has 1 rings (SSSR count). The number of hydrogen-bond acceptors (Lipinski definition) is 3. The zero-order valence-electron chi connectivity index (χ0n) is 9.26. The van der Waals surface area contributed by atoms with Gasteiger partial charge in [-0.25, -0.2) is 5.14 Å². The summed E-state index contributed by atoms with van der Waals surface area (Å²) in [5.41, 5.74) is 0.516. The van der Waals surface area contributed by atoms with Crippen LogP contribution in [0, 0.1) is 0 Å². The summed E-state index contributed by atoms with van der Waals surface area (Å²) < 4.78 is 34.1. The molecule has 9 heteroatoms. The molecular weight excluding hydrogens is 322 g/mol. The van der Waals surface area contributed by atoms with E-state index in [-0.39, 0.29) is 0 Å². The lowest BCUT2D eigenvalue weighted by Gasteiger charge is -2.27. The molecule has 0 aliphatic rings. The number of alkyl halides is 3. The summed E-state index contributed by atoms with van der Waals surface area (Å²) in [6.07, 6.45) is 0. The van der Waals surface area contributed by atoms with Gasteiger partial charge >= 0.3 is 3.92 Å². The Morgan fingerprint density at radius 2 is 1.89 bits per heavy atom. The average molecular weight is 333 g/mol. The van der Waals surface area contributed by atoms with E-state index in [0.717, 1.165) is 4.31 Å². The van der Waals surface area contributed by atoms with Gasteiger partial charge < -0.3 is 0 Å². The average Bonchev–Trinajstić information content (AvgIpc) is 2.24. The van der Waals surface area contributed by atoms with Crippen LogP contribution >= 0.6 is 35.0 Å². The van der Waals surface area contributed by atoms with Crippen LogP contribution < -0.4 is 5.14 Å². The highest BCUT2D eigenvalue weighted by Crippen LogP contribution is 2.46. The van der Waals surface area contributed by atoms with E-state index in [9.17, 15) is 12.8 Å². The number of halogens is 3. The predicted octanol–water partition coefficient (Wildman–Crippen LogP) is 2.61. The first-order chi connectivity index (χ1) is 8.11. The van der Waals surface area contributed by atoms with E-state index in [0.29, 0.717) is 17.3 Å². The molecule has 0 bridgehead atoms. The molecule has 4 nitrogen and oxygen atoms in total. The van der Waals surface area contributed by atoms with Crippen molar-refractivity contribution in [1.29, 1.82) is 0 Å². The van der Waals surface area contributed by atoms with Gasteiger partial charge in [-0.15, -0.1) is 0 Å². The highest BCUT2D eigenvalue weighted by Gasteiger charge is 2.34. The second-order valence-electron chi connectivity index (χ2n) is 3.39. The SMILES string of the molecule is CN(C(SC(F)(Cl)Cl)c1ccccc1)S(N)(=O)=O. The van der Waals surface area contributed by atoms with Gasteiger partial charge in [-0.3, -0.25) is 0 Å². The monoisotopic (exact) mass is 332 g/mol. The maximum atomic E-state index is 13.3. The van der Waals surface area contributed by atoms with Crippen molar-refractivity contribution in [1.82, 2.24) is 4.31 Å². The summed E-state index contributed by atoms with van der Waals surface area (Å²) >= 11 is 11.0. The van der Waals surface area contributed by atoms with Gasteiger partial charge in [0.25, 0.3) is 10.2 Å². The molecule has 0 saturated carbocycles. The van der Waals surface area contributed by atoms with Crippen LogP contribution in [0.3, 0.4) is 0 Å². The number of rotatable bonds is 5. The number of hydrogen-bond donors (Lipinski definition) is 1. The predicted molar refractivity (Wildman–Crippen MR) is 73.2 cm³/mol. The van der Waals surface area contributed by atoms with E-state index >= 15 is 0 Å². The maximum Gasteiger partial charge on any atom is 0.306 e. The molecule has 0 radical (unpaired) electrons. The van der Waals surface area contributed by atoms with E-state index in [1.54, 1.807) is 30.3 Å². The van der Waals surface area contributed by atoms with Crippen molar-refractivity contribution in [3.05, 3.63) is 35.9 Å². The summed E-state index contributed by atoms with van der Waals surface area (Å²) in [6.45, 7) is 0. The maximum absolute atomic E-state index is 13.3. The molecule has 1 atom stereocenters. The third kappa shape index (κ3) is 4.91. The van der Waals surface area contributed by atoms with Crippen LogP contribution in [0.15, 0.2) is 30.3 Å². The van der Waals surface area contributed by atoms with Crippen molar-refractivity contribution >= 4 is 45.2 Å². The molecule has 1 aromatic carbocycles. The van der Waals surface area contributed by atoms with E-state index in [2.05, 4.69) is 0 Å². The molecule has 0 saturated heterocycles. The Morgan fingerprint density at radius 3 is 2.28 bits per heavy atom. The van der Waals surface area contributed by atoms with Crippen LogP contribution in [-0.2, 0) is 10.2 Å². The molecular formula is C9H11Cl2FN2O2S2. The highest BCUT2D eigenvalue weighted by atomic mass is 35.5. The Hall–Kier alpha value is -0.0500. The minimum atomic E-state index is -3.99. The molecule has 102 valence electrons. The molecule has 1 aromatic rings. The van der Waals surface area contributed by atoms with E-state index < -0.39 is 19.5 Å². The van der Waals surface area contributed by atoms with Crippen LogP contribution in [0.4, 0.5) is 4.39 Å². The summed E-state index contributed by atoms with van der Waals surface area (Å²) in [4.78, 5) is 0. The lowest BCUT2D eigenvalue weighted by Crippen LogP contribution is -2.36. The molecule has 0 fully saturated rings. The Balaban J connectivity index is 3.12. The van der Waals surface area contributed by atoms with Gasteiger partial charge in [0, 0.05) is 7.05 Å². The van der Waals surface area contributed by atoms with Crippen molar-refractivity contribution < 1.29 is 12.8 Å². The minimum Gasteiger partial charge on any atom is -0.216 e. The largest absolute Gasteiger partial charge is 0.306 e. The molecule has 0 heterocycles. The fraction of sp³-hybridized carbons (Fsp3) is 0.333. The molecule has 0 aliphatic heterocycles. The summed E-state index contributed by atoms with van der Waals surface area (Å²) in [5.74, 6) is 0. The number of nitrogens with two attached hydrogens (primary N) is 1. The van der Waals surface area contributed by atoms with E-state index in [4.69, 9.17) is 28.3 Å². The first-order valence-corrected chi connectivity index (χ1v) is 7.80. The minimum absolute atomic E-state index is 0.421. The summed E-state index contributed by atoms with van der Waals surface area (Å²) in [5, 5.41) is 4.06. The van der Waals surface area contributed by atoms with Crippen molar-refractivity contribution in [2.45, 2.75) is 9.29 Å². The molecule has 2 N–H and O–H groups in total. The van der Waals surface area contributed by atoms with Gasteiger partial charge in [-0.2, -0.15) is 17.1 Å². The number of nitrogens with zero attached hydrogens (tertiary/aromatic N) is 1. The van der Waals surface area contributed by atoms with Gasteiger partial charge in [0.05, 0.1) is 0 Å². The zero-order chi connectivity index (χ0) is 14.0. The van der Waals surface area contributed by atoms with Crippen LogP contribution in [0.5, 0.6) is 0 Å². The van der Waals surface area contributed by atoms with Crippen LogP contribution in [-0.4, -0.2) is 23.7 Å². The first kappa shape index (κ1) is 16.0. The molecule has 0 spiro atoms. The van der Waals surface area contributed by atoms with Crippen LogP contribution in [0.25, 0.3) is 0 Å². The van der Waals surface area contributed by atoms with Crippen LogP contribution in [0.2, 0.25) is 0 Å². The Labute approximate surface area is 119 Å². The lowest BCUT2D eigenvalue weighted by atomic mass is 10.2. The third-order valence-electron chi connectivity index (χ3n) is 2.06. The Kier molecular flexibility index (Phi) is 5.28. The van der Waals surface area contributed by atoms with Crippen LogP contribution in [0.1, 0.15) is 10.9 Å². The molecule has 0 aliphatic carbocycles. The number of thioether (sulfide) groups is 1. The first-order valence-electron chi connectivity index (χ1n) is 4.66. The van der Waals surface area contributed by atoms with Crippen molar-refractivity contribution in [2.24, 2.45) is 5.14 Å². The van der Waals surface area contributed by atoms with Gasteiger partial charge in [0.15, 0.2) is 0 Å². The van der Waals surface area contributed by atoms with Crippen molar-refractivity contribution in [3.8, 4) is 0 Å². The van der Waals surface area contributed by atoms with E-state index in [1.807, 2.05) is 0 Å². The zero-order valence-corrected chi connectivity index (χ0v) is 12.4. The Morgan fingerprint density at radius 1 is 1.39 bits per heavy atom.